The summed E-state index contributed by atoms with van der Waals surface area (Å²) in [6.07, 6.45) is 2.69. The van der Waals surface area contributed by atoms with Crippen LogP contribution in [0.1, 0.15) is 19.8 Å². The fourth-order valence-corrected chi connectivity index (χ4v) is 2.12. The summed E-state index contributed by atoms with van der Waals surface area (Å²) in [5.74, 6) is -0.242. The lowest BCUT2D eigenvalue weighted by Crippen LogP contribution is -2.43. The molecule has 5 nitrogen and oxygen atoms in total. The van der Waals surface area contributed by atoms with Gasteiger partial charge in [0.2, 0.25) is 11.8 Å². The molecule has 2 rings (SSSR count). The lowest BCUT2D eigenvalue weighted by atomic mass is 10.0. The van der Waals surface area contributed by atoms with Crippen molar-refractivity contribution in [1.29, 1.82) is 0 Å². The van der Waals surface area contributed by atoms with Crippen molar-refractivity contribution in [3.8, 4) is 0 Å². The molecule has 96 valence electrons. The van der Waals surface area contributed by atoms with Gasteiger partial charge in [0.1, 0.15) is 11.2 Å². The van der Waals surface area contributed by atoms with Gasteiger partial charge in [0.05, 0.1) is 0 Å². The number of hydrogen-bond acceptors (Lipinski definition) is 3. The molecule has 0 spiro atoms. The van der Waals surface area contributed by atoms with E-state index < -0.39 is 11.3 Å². The highest BCUT2D eigenvalue weighted by molar-refractivity contribution is 9.10. The summed E-state index contributed by atoms with van der Waals surface area (Å²) in [6, 6.07) is 3.55. The quantitative estimate of drug-likeness (QED) is 0.855. The molecule has 18 heavy (non-hydrogen) atoms. The summed E-state index contributed by atoms with van der Waals surface area (Å²) in [6.45, 7) is 2.31. The Morgan fingerprint density at radius 1 is 1.50 bits per heavy atom. The second-order valence-electron chi connectivity index (χ2n) is 4.33. The molecule has 0 aromatic carbocycles. The van der Waals surface area contributed by atoms with Gasteiger partial charge in [-0.15, -0.1) is 0 Å². The molecule has 1 saturated carbocycles. The van der Waals surface area contributed by atoms with E-state index in [1.165, 1.54) is 4.90 Å². The number of hydrogen-bond donors (Lipinski definition) is 1. The van der Waals surface area contributed by atoms with Crippen LogP contribution >= 0.6 is 15.9 Å². The van der Waals surface area contributed by atoms with Crippen LogP contribution < -0.4 is 10.6 Å². The van der Waals surface area contributed by atoms with Crippen molar-refractivity contribution in [3.05, 3.63) is 22.8 Å². The molecule has 1 aromatic rings. The molecular formula is C12H14BrN3O2. The predicted octanol–water partition coefficient (Wildman–Crippen LogP) is 1.46. The maximum Gasteiger partial charge on any atom is 0.243 e. The van der Waals surface area contributed by atoms with Crippen molar-refractivity contribution < 1.29 is 9.59 Å². The average molecular weight is 312 g/mol. The molecule has 0 bridgehead atoms. The first-order chi connectivity index (χ1) is 8.51. The number of nitrogens with two attached hydrogens (primary N) is 1. The highest BCUT2D eigenvalue weighted by atomic mass is 79.9. The Kier molecular flexibility index (Phi) is 3.38. The number of amides is 2. The van der Waals surface area contributed by atoms with Crippen LogP contribution in [0, 0.1) is 5.41 Å². The van der Waals surface area contributed by atoms with E-state index in [0.717, 1.165) is 4.47 Å². The number of aromatic nitrogens is 1. The van der Waals surface area contributed by atoms with Gasteiger partial charge in [0, 0.05) is 17.2 Å². The maximum absolute atomic E-state index is 12.4. The minimum Gasteiger partial charge on any atom is -0.369 e. The normalized spacial score (nSPS) is 16.1. The number of carbonyl (C=O) groups is 2. The third-order valence-electron chi connectivity index (χ3n) is 3.18. The van der Waals surface area contributed by atoms with Gasteiger partial charge in [-0.2, -0.15) is 0 Å². The molecule has 0 atom stereocenters. The van der Waals surface area contributed by atoms with Crippen molar-refractivity contribution >= 4 is 33.6 Å². The van der Waals surface area contributed by atoms with E-state index in [-0.39, 0.29) is 5.91 Å². The summed E-state index contributed by atoms with van der Waals surface area (Å²) >= 11 is 3.29. The summed E-state index contributed by atoms with van der Waals surface area (Å²) in [5, 5.41) is 0. The number of carbonyl (C=O) groups excluding carboxylic acids is 2. The lowest BCUT2D eigenvalue weighted by Gasteiger charge is -2.23. The van der Waals surface area contributed by atoms with Crippen LogP contribution in [0.3, 0.4) is 0 Å². The summed E-state index contributed by atoms with van der Waals surface area (Å²) in [5.41, 5.74) is 4.32. The van der Waals surface area contributed by atoms with Crippen LogP contribution in [0.4, 0.5) is 5.82 Å². The molecule has 1 aromatic heterocycles. The Labute approximate surface area is 113 Å². The molecule has 0 saturated heterocycles. The Balaban J connectivity index is 2.27. The fourth-order valence-electron chi connectivity index (χ4n) is 1.89. The third-order valence-corrected chi connectivity index (χ3v) is 3.65. The van der Waals surface area contributed by atoms with Gasteiger partial charge in [-0.25, -0.2) is 4.98 Å². The van der Waals surface area contributed by atoms with Gasteiger partial charge in [-0.05, 0) is 47.8 Å². The summed E-state index contributed by atoms with van der Waals surface area (Å²) in [4.78, 5) is 29.4. The minimum absolute atomic E-state index is 0.243. The summed E-state index contributed by atoms with van der Waals surface area (Å²) in [7, 11) is 0. The highest BCUT2D eigenvalue weighted by Crippen LogP contribution is 2.47. The number of primary amides is 1. The van der Waals surface area contributed by atoms with Crippen LogP contribution in [0.5, 0.6) is 0 Å². The highest BCUT2D eigenvalue weighted by Gasteiger charge is 2.57. The van der Waals surface area contributed by atoms with Crippen molar-refractivity contribution in [1.82, 2.24) is 4.98 Å². The molecule has 1 aliphatic carbocycles. The molecule has 0 unspecified atom stereocenters. The number of pyridine rings is 1. The number of rotatable bonds is 4. The van der Waals surface area contributed by atoms with E-state index in [0.29, 0.717) is 25.2 Å². The van der Waals surface area contributed by atoms with Gasteiger partial charge in [-0.1, -0.05) is 0 Å². The lowest BCUT2D eigenvalue weighted by molar-refractivity contribution is -0.133. The number of halogens is 1. The second-order valence-corrected chi connectivity index (χ2v) is 5.25. The predicted molar refractivity (Wildman–Crippen MR) is 70.8 cm³/mol. The van der Waals surface area contributed by atoms with Gasteiger partial charge >= 0.3 is 0 Å². The molecule has 2 amide bonds. The van der Waals surface area contributed by atoms with E-state index in [2.05, 4.69) is 20.9 Å². The molecule has 1 aliphatic rings. The van der Waals surface area contributed by atoms with Crippen LogP contribution in [0.2, 0.25) is 0 Å². The van der Waals surface area contributed by atoms with E-state index in [4.69, 9.17) is 5.73 Å². The summed E-state index contributed by atoms with van der Waals surface area (Å²) < 4.78 is 0.839. The van der Waals surface area contributed by atoms with Crippen LogP contribution in [0.25, 0.3) is 0 Å². The zero-order chi connectivity index (χ0) is 13.3. The monoisotopic (exact) mass is 311 g/mol. The van der Waals surface area contributed by atoms with Crippen molar-refractivity contribution in [2.45, 2.75) is 19.8 Å². The Bertz CT molecular complexity index is 483. The van der Waals surface area contributed by atoms with E-state index in [1.54, 1.807) is 12.3 Å². The Morgan fingerprint density at radius 3 is 2.56 bits per heavy atom. The second kappa shape index (κ2) is 4.68. The van der Waals surface area contributed by atoms with Crippen molar-refractivity contribution in [2.75, 3.05) is 11.4 Å². The van der Waals surface area contributed by atoms with E-state index in [1.807, 2.05) is 13.0 Å². The maximum atomic E-state index is 12.4. The Hall–Kier alpha value is -1.43. The van der Waals surface area contributed by atoms with Crippen molar-refractivity contribution in [2.24, 2.45) is 11.1 Å². The van der Waals surface area contributed by atoms with Crippen molar-refractivity contribution in [3.63, 3.8) is 0 Å². The molecule has 1 heterocycles. The first kappa shape index (κ1) is 13.0. The average Bonchev–Trinajstić information content (AvgIpc) is 3.13. The van der Waals surface area contributed by atoms with Crippen LogP contribution in [-0.4, -0.2) is 23.3 Å². The van der Waals surface area contributed by atoms with Gasteiger partial charge in [-0.3, -0.25) is 14.5 Å². The minimum atomic E-state index is -0.995. The first-order valence-corrected chi connectivity index (χ1v) is 6.54. The van der Waals surface area contributed by atoms with Crippen LogP contribution in [-0.2, 0) is 9.59 Å². The molecule has 2 N–H and O–H groups in total. The molecule has 0 aliphatic heterocycles. The standard InChI is InChI=1S/C12H14BrN3O2/c1-2-16(9-4-3-8(13)7-15-9)11(18)12(5-6-12)10(14)17/h3-4,7H,2,5-6H2,1H3,(H2,14,17). The molecule has 6 heteroatoms. The van der Waals surface area contributed by atoms with Crippen LogP contribution in [0.15, 0.2) is 22.8 Å². The zero-order valence-corrected chi connectivity index (χ0v) is 11.6. The molecule has 0 radical (unpaired) electrons. The topological polar surface area (TPSA) is 76.3 Å². The largest absolute Gasteiger partial charge is 0.369 e. The van der Waals surface area contributed by atoms with Gasteiger partial charge < -0.3 is 5.73 Å². The molecular weight excluding hydrogens is 298 g/mol. The SMILES string of the molecule is CCN(C(=O)C1(C(N)=O)CC1)c1ccc(Br)cn1. The smallest absolute Gasteiger partial charge is 0.243 e. The third kappa shape index (κ3) is 2.12. The first-order valence-electron chi connectivity index (χ1n) is 5.74. The zero-order valence-electron chi connectivity index (χ0n) is 10.0. The van der Waals surface area contributed by atoms with Gasteiger partial charge in [0.15, 0.2) is 0 Å². The Morgan fingerprint density at radius 2 is 2.17 bits per heavy atom. The molecule has 1 fully saturated rings. The number of anilines is 1. The van der Waals surface area contributed by atoms with E-state index >= 15 is 0 Å². The fraction of sp³-hybridized carbons (Fsp3) is 0.417. The number of nitrogens with zero attached hydrogens (tertiary/aromatic N) is 2. The van der Waals surface area contributed by atoms with Gasteiger partial charge in [0.25, 0.3) is 0 Å². The van der Waals surface area contributed by atoms with E-state index in [9.17, 15) is 9.59 Å².